The highest BCUT2D eigenvalue weighted by molar-refractivity contribution is 7.15. The molecule has 0 saturated carbocycles. The lowest BCUT2D eigenvalue weighted by Crippen LogP contribution is -1.99. The van der Waals surface area contributed by atoms with Crippen LogP contribution in [0.2, 0.25) is 0 Å². The van der Waals surface area contributed by atoms with Gasteiger partial charge in [0.1, 0.15) is 5.01 Å². The number of benzene rings is 2. The number of aliphatic carboxylic acids is 1. The van der Waals surface area contributed by atoms with Gasteiger partial charge in [-0.1, -0.05) is 59.7 Å². The van der Waals surface area contributed by atoms with Crippen molar-refractivity contribution in [3.8, 4) is 21.8 Å². The summed E-state index contributed by atoms with van der Waals surface area (Å²) in [4.78, 5) is 16.7. The van der Waals surface area contributed by atoms with E-state index < -0.39 is 5.97 Å². The summed E-state index contributed by atoms with van der Waals surface area (Å²) >= 11 is 1.45. The molecule has 0 aliphatic rings. The van der Waals surface area contributed by atoms with E-state index in [0.717, 1.165) is 26.7 Å². The molecule has 116 valence electrons. The van der Waals surface area contributed by atoms with Crippen molar-refractivity contribution in [1.29, 1.82) is 0 Å². The molecule has 0 unspecified atom stereocenters. The Morgan fingerprint density at radius 3 is 2.00 bits per heavy atom. The van der Waals surface area contributed by atoms with Crippen molar-refractivity contribution < 1.29 is 9.90 Å². The molecule has 0 saturated heterocycles. The van der Waals surface area contributed by atoms with Crippen LogP contribution in [-0.4, -0.2) is 16.1 Å². The van der Waals surface area contributed by atoms with Gasteiger partial charge in [0.05, 0.1) is 12.1 Å². The maximum atomic E-state index is 11.2. The number of carbonyl (C=O) groups is 1. The molecule has 1 heterocycles. The highest BCUT2D eigenvalue weighted by Gasteiger charge is 2.16. The second-order valence-corrected chi connectivity index (χ2v) is 6.68. The van der Waals surface area contributed by atoms with Crippen molar-refractivity contribution in [2.45, 2.75) is 20.3 Å². The highest BCUT2D eigenvalue weighted by Crippen LogP contribution is 2.34. The average Bonchev–Trinajstić information content (AvgIpc) is 2.92. The van der Waals surface area contributed by atoms with E-state index in [2.05, 4.69) is 0 Å². The summed E-state index contributed by atoms with van der Waals surface area (Å²) in [6.07, 6.45) is -0.00720. The molecule has 3 aromatic rings. The van der Waals surface area contributed by atoms with E-state index in [9.17, 15) is 9.90 Å². The van der Waals surface area contributed by atoms with Crippen molar-refractivity contribution in [1.82, 2.24) is 4.98 Å². The number of thiazole rings is 1. The van der Waals surface area contributed by atoms with Gasteiger partial charge in [-0.2, -0.15) is 0 Å². The lowest BCUT2D eigenvalue weighted by Gasteiger charge is -2.01. The molecule has 3 nitrogen and oxygen atoms in total. The van der Waals surface area contributed by atoms with Gasteiger partial charge in [0.25, 0.3) is 0 Å². The van der Waals surface area contributed by atoms with E-state index in [1.807, 2.05) is 62.4 Å². The summed E-state index contributed by atoms with van der Waals surface area (Å²) in [6.45, 7) is 4.07. The van der Waals surface area contributed by atoms with Crippen LogP contribution in [0.4, 0.5) is 0 Å². The molecule has 1 N–H and O–H groups in total. The van der Waals surface area contributed by atoms with Gasteiger partial charge in [0.2, 0.25) is 0 Å². The number of aromatic nitrogens is 1. The number of hydrogen-bond acceptors (Lipinski definition) is 3. The molecule has 0 bridgehead atoms. The molecule has 0 atom stereocenters. The fourth-order valence-corrected chi connectivity index (χ4v) is 3.45. The molecule has 3 rings (SSSR count). The van der Waals surface area contributed by atoms with Crippen LogP contribution in [-0.2, 0) is 11.2 Å². The van der Waals surface area contributed by atoms with Crippen molar-refractivity contribution in [2.75, 3.05) is 0 Å². The van der Waals surface area contributed by atoms with Crippen molar-refractivity contribution >= 4 is 17.3 Å². The summed E-state index contributed by atoms with van der Waals surface area (Å²) in [7, 11) is 0. The average molecular weight is 323 g/mol. The van der Waals surface area contributed by atoms with Crippen LogP contribution >= 0.6 is 11.3 Å². The summed E-state index contributed by atoms with van der Waals surface area (Å²) < 4.78 is 0. The minimum atomic E-state index is -0.836. The Bertz CT molecular complexity index is 833. The Balaban J connectivity index is 2.08. The van der Waals surface area contributed by atoms with Crippen LogP contribution in [0.15, 0.2) is 48.5 Å². The van der Waals surface area contributed by atoms with Gasteiger partial charge in [0, 0.05) is 16.0 Å². The zero-order valence-corrected chi connectivity index (χ0v) is 13.9. The first kappa shape index (κ1) is 15.4. The van der Waals surface area contributed by atoms with Gasteiger partial charge >= 0.3 is 5.97 Å². The molecular weight excluding hydrogens is 306 g/mol. The topological polar surface area (TPSA) is 50.2 Å². The first-order valence-electron chi connectivity index (χ1n) is 7.38. The summed E-state index contributed by atoms with van der Waals surface area (Å²) in [5.41, 5.74) is 5.11. The maximum Gasteiger partial charge on any atom is 0.308 e. The Morgan fingerprint density at radius 1 is 0.957 bits per heavy atom. The fourth-order valence-electron chi connectivity index (χ4n) is 2.37. The first-order chi connectivity index (χ1) is 11.0. The number of nitrogens with zero attached hydrogens (tertiary/aromatic N) is 1. The zero-order chi connectivity index (χ0) is 16.4. The predicted octanol–water partition coefficient (Wildman–Crippen LogP) is 4.72. The van der Waals surface area contributed by atoms with Crippen LogP contribution in [0.1, 0.15) is 16.0 Å². The van der Waals surface area contributed by atoms with Gasteiger partial charge in [0.15, 0.2) is 0 Å². The van der Waals surface area contributed by atoms with E-state index in [1.54, 1.807) is 0 Å². The first-order valence-corrected chi connectivity index (χ1v) is 8.20. The maximum absolute atomic E-state index is 11.2. The van der Waals surface area contributed by atoms with Crippen LogP contribution in [0, 0.1) is 13.8 Å². The van der Waals surface area contributed by atoms with E-state index >= 15 is 0 Å². The van der Waals surface area contributed by atoms with Gasteiger partial charge in [-0.15, -0.1) is 11.3 Å². The van der Waals surface area contributed by atoms with E-state index in [1.165, 1.54) is 22.5 Å². The molecule has 0 radical (unpaired) electrons. The number of carboxylic acids is 1. The Morgan fingerprint density at radius 2 is 1.48 bits per heavy atom. The molecule has 0 amide bonds. The fraction of sp³-hybridized carbons (Fsp3) is 0.158. The van der Waals surface area contributed by atoms with Gasteiger partial charge < -0.3 is 5.11 Å². The highest BCUT2D eigenvalue weighted by atomic mass is 32.1. The third-order valence-corrected chi connectivity index (χ3v) is 4.74. The van der Waals surface area contributed by atoms with Crippen LogP contribution < -0.4 is 0 Å². The number of hydrogen-bond donors (Lipinski definition) is 1. The molecule has 0 fully saturated rings. The van der Waals surface area contributed by atoms with Crippen molar-refractivity contribution in [2.24, 2.45) is 0 Å². The second-order valence-electron chi connectivity index (χ2n) is 5.59. The number of rotatable bonds is 4. The van der Waals surface area contributed by atoms with Gasteiger partial charge in [-0.25, -0.2) is 4.98 Å². The van der Waals surface area contributed by atoms with Crippen LogP contribution in [0.3, 0.4) is 0 Å². The van der Waals surface area contributed by atoms with E-state index in [-0.39, 0.29) is 6.42 Å². The summed E-state index contributed by atoms with van der Waals surface area (Å²) in [6, 6.07) is 16.2. The summed E-state index contributed by atoms with van der Waals surface area (Å²) in [5.74, 6) is -0.836. The van der Waals surface area contributed by atoms with E-state index in [4.69, 9.17) is 4.98 Å². The smallest absolute Gasteiger partial charge is 0.308 e. The van der Waals surface area contributed by atoms with Crippen molar-refractivity contribution in [3.63, 3.8) is 0 Å². The van der Waals surface area contributed by atoms with Gasteiger partial charge in [-0.05, 0) is 13.8 Å². The zero-order valence-electron chi connectivity index (χ0n) is 13.0. The third kappa shape index (κ3) is 3.48. The second kappa shape index (κ2) is 6.34. The largest absolute Gasteiger partial charge is 0.481 e. The Labute approximate surface area is 139 Å². The molecular formula is C19H17NO2S. The summed E-state index contributed by atoms with van der Waals surface area (Å²) in [5, 5.41) is 10.0. The minimum Gasteiger partial charge on any atom is -0.481 e. The minimum absolute atomic E-state index is 0.00720. The predicted molar refractivity (Wildman–Crippen MR) is 93.8 cm³/mol. The quantitative estimate of drug-likeness (QED) is 0.755. The molecule has 1 aromatic heterocycles. The number of aryl methyl sites for hydroxylation is 2. The third-order valence-electron chi connectivity index (χ3n) is 3.63. The lowest BCUT2D eigenvalue weighted by molar-refractivity contribution is -0.136. The molecule has 2 aromatic carbocycles. The molecule has 0 aliphatic heterocycles. The molecule has 0 aliphatic carbocycles. The van der Waals surface area contributed by atoms with Gasteiger partial charge in [-0.3, -0.25) is 4.79 Å². The standard InChI is InChI=1S/C19H17NO2S/c1-12-3-7-14(8-4-12)18-16(11-17(21)22)23-19(20-18)15-9-5-13(2)6-10-15/h3-10H,11H2,1-2H3,(H,21,22). The SMILES string of the molecule is Cc1ccc(-c2nc(-c3ccc(C)cc3)c(CC(=O)O)s2)cc1. The van der Waals surface area contributed by atoms with Crippen LogP contribution in [0.5, 0.6) is 0 Å². The Kier molecular flexibility index (Phi) is 4.26. The molecule has 0 spiro atoms. The molecule has 4 heteroatoms. The molecule has 23 heavy (non-hydrogen) atoms. The van der Waals surface area contributed by atoms with Crippen molar-refractivity contribution in [3.05, 3.63) is 64.5 Å². The van der Waals surface area contributed by atoms with E-state index in [0.29, 0.717) is 0 Å². The number of carboxylic acid groups (broad SMARTS) is 1. The van der Waals surface area contributed by atoms with Crippen LogP contribution in [0.25, 0.3) is 21.8 Å². The Hall–Kier alpha value is -2.46. The monoisotopic (exact) mass is 323 g/mol. The normalized spacial score (nSPS) is 10.7. The lowest BCUT2D eigenvalue weighted by atomic mass is 10.1.